The summed E-state index contributed by atoms with van der Waals surface area (Å²) >= 11 is 0. The van der Waals surface area contributed by atoms with Gasteiger partial charge < -0.3 is 9.64 Å². The molecule has 1 aliphatic rings. The van der Waals surface area contributed by atoms with Gasteiger partial charge in [-0.25, -0.2) is 8.42 Å². The van der Waals surface area contributed by atoms with Gasteiger partial charge in [-0.2, -0.15) is 0 Å². The van der Waals surface area contributed by atoms with E-state index >= 15 is 0 Å². The van der Waals surface area contributed by atoms with E-state index in [2.05, 4.69) is 0 Å². The number of nitro groups is 1. The Labute approximate surface area is 129 Å². The molecule has 1 atom stereocenters. The second kappa shape index (κ2) is 5.85. The normalized spacial score (nSPS) is 22.6. The quantitative estimate of drug-likeness (QED) is 0.620. The molecule has 0 aliphatic carbocycles. The lowest BCUT2D eigenvalue weighted by Gasteiger charge is -2.41. The van der Waals surface area contributed by atoms with E-state index in [1.54, 1.807) is 6.07 Å². The fourth-order valence-electron chi connectivity index (χ4n) is 2.51. The molecule has 2 rings (SSSR count). The van der Waals surface area contributed by atoms with Crippen LogP contribution in [0.25, 0.3) is 0 Å². The van der Waals surface area contributed by atoms with Crippen molar-refractivity contribution in [3.63, 3.8) is 0 Å². The Balaban J connectivity index is 2.43. The van der Waals surface area contributed by atoms with Gasteiger partial charge >= 0.3 is 0 Å². The van der Waals surface area contributed by atoms with E-state index in [9.17, 15) is 18.5 Å². The van der Waals surface area contributed by atoms with E-state index in [-0.39, 0.29) is 10.5 Å². The van der Waals surface area contributed by atoms with Gasteiger partial charge in [-0.3, -0.25) is 10.1 Å². The summed E-state index contributed by atoms with van der Waals surface area (Å²) in [7, 11) is -3.67. The molecule has 1 fully saturated rings. The SMILES string of the molecule is CCC1(C)CN(c2ccc([N+](=O)[O-])c(S(C)(=O)=O)c2)CCO1. The van der Waals surface area contributed by atoms with Crippen LogP contribution in [0.4, 0.5) is 11.4 Å². The van der Waals surface area contributed by atoms with Crippen LogP contribution in [0.1, 0.15) is 20.3 Å². The number of morpholine rings is 1. The zero-order valence-electron chi connectivity index (χ0n) is 12.9. The van der Waals surface area contributed by atoms with Crippen molar-refractivity contribution < 1.29 is 18.1 Å². The van der Waals surface area contributed by atoms with Gasteiger partial charge in [-0.1, -0.05) is 6.92 Å². The molecule has 1 aliphatic heterocycles. The van der Waals surface area contributed by atoms with Crippen LogP contribution in [0.15, 0.2) is 23.1 Å². The second-order valence-electron chi connectivity index (χ2n) is 5.75. The zero-order valence-corrected chi connectivity index (χ0v) is 13.7. The Bertz CT molecular complexity index is 688. The molecule has 1 saturated heterocycles. The molecule has 8 heteroatoms. The van der Waals surface area contributed by atoms with E-state index in [4.69, 9.17) is 4.74 Å². The lowest BCUT2D eigenvalue weighted by molar-refractivity contribution is -0.387. The predicted octanol–water partition coefficient (Wildman–Crippen LogP) is 2.00. The van der Waals surface area contributed by atoms with E-state index in [1.807, 2.05) is 18.7 Å². The average Bonchev–Trinajstić information content (AvgIpc) is 2.45. The topological polar surface area (TPSA) is 89.8 Å². The van der Waals surface area contributed by atoms with Crippen LogP contribution in [-0.2, 0) is 14.6 Å². The maximum atomic E-state index is 11.8. The average molecular weight is 328 g/mol. The van der Waals surface area contributed by atoms with Crippen LogP contribution in [0, 0.1) is 10.1 Å². The van der Waals surface area contributed by atoms with Crippen LogP contribution in [0.3, 0.4) is 0 Å². The fraction of sp³-hybridized carbons (Fsp3) is 0.571. The number of hydrogen-bond donors (Lipinski definition) is 0. The Morgan fingerprint density at radius 2 is 2.14 bits per heavy atom. The van der Waals surface area contributed by atoms with Crippen molar-refractivity contribution in [3.05, 3.63) is 28.3 Å². The first-order valence-electron chi connectivity index (χ1n) is 7.04. The summed E-state index contributed by atoms with van der Waals surface area (Å²) in [5.74, 6) is 0. The smallest absolute Gasteiger partial charge is 0.288 e. The largest absolute Gasteiger partial charge is 0.372 e. The highest BCUT2D eigenvalue weighted by molar-refractivity contribution is 7.90. The number of rotatable bonds is 4. The van der Waals surface area contributed by atoms with E-state index < -0.39 is 20.4 Å². The number of sulfone groups is 1. The Hall–Kier alpha value is -1.67. The minimum Gasteiger partial charge on any atom is -0.372 e. The molecular formula is C14H20N2O5S. The van der Waals surface area contributed by atoms with Crippen LogP contribution >= 0.6 is 0 Å². The van der Waals surface area contributed by atoms with E-state index in [1.165, 1.54) is 12.1 Å². The Kier molecular flexibility index (Phi) is 4.44. The molecule has 122 valence electrons. The van der Waals surface area contributed by atoms with Crippen molar-refractivity contribution in [2.45, 2.75) is 30.8 Å². The zero-order chi connectivity index (χ0) is 16.5. The van der Waals surface area contributed by atoms with Gasteiger partial charge in [0.2, 0.25) is 0 Å². The molecule has 1 heterocycles. The first kappa shape index (κ1) is 16.7. The third kappa shape index (κ3) is 3.38. The maximum absolute atomic E-state index is 11.8. The third-order valence-electron chi connectivity index (χ3n) is 3.99. The molecule has 1 unspecified atom stereocenters. The third-order valence-corrected chi connectivity index (χ3v) is 5.12. The van der Waals surface area contributed by atoms with Gasteiger partial charge in [0.25, 0.3) is 5.69 Å². The number of anilines is 1. The van der Waals surface area contributed by atoms with E-state index in [0.29, 0.717) is 25.4 Å². The maximum Gasteiger partial charge on any atom is 0.288 e. The molecule has 0 aromatic heterocycles. The standard InChI is InChI=1S/C14H20N2O5S/c1-4-14(2)10-15(7-8-21-14)11-5-6-12(16(17)18)13(9-11)22(3,19)20/h5-6,9H,4,7-8,10H2,1-3H3. The number of nitro benzene ring substituents is 1. The molecule has 0 N–H and O–H groups in total. The monoisotopic (exact) mass is 328 g/mol. The highest BCUT2D eigenvalue weighted by atomic mass is 32.2. The van der Waals surface area contributed by atoms with Crippen molar-refractivity contribution in [1.82, 2.24) is 0 Å². The van der Waals surface area contributed by atoms with Gasteiger partial charge in [0.1, 0.15) is 4.90 Å². The molecular weight excluding hydrogens is 308 g/mol. The lowest BCUT2D eigenvalue weighted by atomic mass is 10.0. The summed E-state index contributed by atoms with van der Waals surface area (Å²) in [6.45, 7) is 5.81. The Morgan fingerprint density at radius 3 is 2.68 bits per heavy atom. The summed E-state index contributed by atoms with van der Waals surface area (Å²) in [6, 6.07) is 4.23. The first-order chi connectivity index (χ1) is 10.2. The van der Waals surface area contributed by atoms with Crippen LogP contribution in [-0.4, -0.2) is 44.9 Å². The molecule has 0 spiro atoms. The van der Waals surface area contributed by atoms with E-state index in [0.717, 1.165) is 12.7 Å². The summed E-state index contributed by atoms with van der Waals surface area (Å²) < 4.78 is 29.4. The highest BCUT2D eigenvalue weighted by Gasteiger charge is 2.31. The molecule has 1 aromatic carbocycles. The van der Waals surface area contributed by atoms with Crippen molar-refractivity contribution in [2.24, 2.45) is 0 Å². The van der Waals surface area contributed by atoms with Crippen LogP contribution in [0.2, 0.25) is 0 Å². The fourth-order valence-corrected chi connectivity index (χ4v) is 3.37. The van der Waals surface area contributed by atoms with Crippen molar-refractivity contribution in [3.8, 4) is 0 Å². The van der Waals surface area contributed by atoms with Gasteiger partial charge in [0.05, 0.1) is 17.1 Å². The summed E-state index contributed by atoms with van der Waals surface area (Å²) in [4.78, 5) is 12.1. The summed E-state index contributed by atoms with van der Waals surface area (Å²) in [5, 5.41) is 11.0. The molecule has 0 radical (unpaired) electrons. The first-order valence-corrected chi connectivity index (χ1v) is 8.93. The Morgan fingerprint density at radius 1 is 1.45 bits per heavy atom. The van der Waals surface area contributed by atoms with Gasteiger partial charge in [-0.15, -0.1) is 0 Å². The van der Waals surface area contributed by atoms with Crippen LogP contribution in [0.5, 0.6) is 0 Å². The number of hydrogen-bond acceptors (Lipinski definition) is 6. The van der Waals surface area contributed by atoms with Gasteiger partial charge in [-0.05, 0) is 25.5 Å². The minimum absolute atomic E-state index is 0.250. The molecule has 0 saturated carbocycles. The summed E-state index contributed by atoms with van der Waals surface area (Å²) in [6.07, 6.45) is 1.81. The molecule has 0 amide bonds. The molecule has 22 heavy (non-hydrogen) atoms. The number of ether oxygens (including phenoxy) is 1. The minimum atomic E-state index is -3.67. The second-order valence-corrected chi connectivity index (χ2v) is 7.74. The lowest BCUT2D eigenvalue weighted by Crippen LogP contribution is -2.49. The van der Waals surface area contributed by atoms with Crippen LogP contribution < -0.4 is 4.90 Å². The molecule has 1 aromatic rings. The summed E-state index contributed by atoms with van der Waals surface area (Å²) in [5.41, 5.74) is -0.0302. The predicted molar refractivity (Wildman–Crippen MR) is 83.1 cm³/mol. The molecule has 0 bridgehead atoms. The van der Waals surface area contributed by atoms with Crippen molar-refractivity contribution in [1.29, 1.82) is 0 Å². The van der Waals surface area contributed by atoms with Crippen molar-refractivity contribution >= 4 is 21.2 Å². The number of benzene rings is 1. The van der Waals surface area contributed by atoms with Gasteiger partial charge in [0.15, 0.2) is 9.84 Å². The van der Waals surface area contributed by atoms with Crippen molar-refractivity contribution in [2.75, 3.05) is 30.9 Å². The molecule has 7 nitrogen and oxygen atoms in total. The number of nitrogens with zero attached hydrogens (tertiary/aromatic N) is 2. The highest BCUT2D eigenvalue weighted by Crippen LogP contribution is 2.31. The van der Waals surface area contributed by atoms with Gasteiger partial charge in [0, 0.05) is 31.1 Å².